The number of amides is 1. The molecule has 1 fully saturated rings. The van der Waals surface area contributed by atoms with Gasteiger partial charge in [0.2, 0.25) is 0 Å². The number of Topliss-reactive ketones (excluding diaryl/α,β-unsaturated/α-hetero) is 1. The van der Waals surface area contributed by atoms with Crippen LogP contribution < -0.4 is 9.47 Å². The number of hydrogen-bond donors (Lipinski definition) is 1. The number of likely N-dealkylation sites (tertiary alicyclic amines) is 1. The largest absolute Gasteiger partial charge is 0.507 e. The summed E-state index contributed by atoms with van der Waals surface area (Å²) in [4.78, 5) is 30.1. The molecule has 2 aromatic rings. The van der Waals surface area contributed by atoms with Crippen molar-refractivity contribution < 1.29 is 24.2 Å². The smallest absolute Gasteiger partial charge is 0.295 e. The Kier molecular flexibility index (Phi) is 8.71. The molecule has 0 aromatic heterocycles. The minimum Gasteiger partial charge on any atom is -0.507 e. The zero-order chi connectivity index (χ0) is 24.7. The number of ether oxygens (including phenoxy) is 2. The molecule has 7 nitrogen and oxygen atoms in total. The number of aliphatic hydroxyl groups is 1. The van der Waals surface area contributed by atoms with Gasteiger partial charge in [0.05, 0.1) is 25.3 Å². The molecule has 1 amide bonds. The lowest BCUT2D eigenvalue weighted by molar-refractivity contribution is -0.140. The number of nitrogens with zero attached hydrogens (tertiary/aromatic N) is 2. The second-order valence-corrected chi connectivity index (χ2v) is 8.17. The van der Waals surface area contributed by atoms with Crippen molar-refractivity contribution in [3.05, 3.63) is 65.2 Å². The number of aliphatic hydroxyl groups excluding tert-OH is 1. The summed E-state index contributed by atoms with van der Waals surface area (Å²) >= 11 is 0. The second kappa shape index (κ2) is 11.7. The van der Waals surface area contributed by atoms with Crippen LogP contribution in [-0.2, 0) is 9.59 Å². The zero-order valence-corrected chi connectivity index (χ0v) is 20.4. The maximum absolute atomic E-state index is 13.2. The molecule has 0 aliphatic carbocycles. The van der Waals surface area contributed by atoms with E-state index in [-0.39, 0.29) is 11.3 Å². The van der Waals surface area contributed by atoms with Gasteiger partial charge in [-0.05, 0) is 49.3 Å². The summed E-state index contributed by atoms with van der Waals surface area (Å²) in [5, 5.41) is 11.2. The van der Waals surface area contributed by atoms with Crippen LogP contribution in [0.3, 0.4) is 0 Å². The first kappa shape index (κ1) is 25.3. The zero-order valence-electron chi connectivity index (χ0n) is 20.4. The van der Waals surface area contributed by atoms with E-state index in [1.807, 2.05) is 31.2 Å². The summed E-state index contributed by atoms with van der Waals surface area (Å²) in [5.41, 5.74) is 1.25. The number of benzene rings is 2. The average Bonchev–Trinajstić information content (AvgIpc) is 3.13. The molecule has 182 valence electrons. The quantitative estimate of drug-likeness (QED) is 0.303. The van der Waals surface area contributed by atoms with Crippen molar-refractivity contribution in [1.29, 1.82) is 0 Å². The van der Waals surface area contributed by atoms with Gasteiger partial charge < -0.3 is 24.4 Å². The van der Waals surface area contributed by atoms with Crippen LogP contribution >= 0.6 is 0 Å². The van der Waals surface area contributed by atoms with E-state index in [0.29, 0.717) is 31.0 Å². The van der Waals surface area contributed by atoms with Crippen molar-refractivity contribution >= 4 is 17.4 Å². The first-order valence-corrected chi connectivity index (χ1v) is 11.8. The fraction of sp³-hybridized carbons (Fsp3) is 0.407. The number of rotatable bonds is 11. The van der Waals surface area contributed by atoms with E-state index in [1.165, 1.54) is 7.11 Å². The summed E-state index contributed by atoms with van der Waals surface area (Å²) < 4.78 is 11.0. The molecular weight excluding hydrogens is 432 g/mol. The lowest BCUT2D eigenvalue weighted by Gasteiger charge is -2.28. The Hall–Kier alpha value is -3.32. The van der Waals surface area contributed by atoms with Crippen LogP contribution in [0.4, 0.5) is 0 Å². The topological polar surface area (TPSA) is 79.3 Å². The van der Waals surface area contributed by atoms with Crippen LogP contribution in [0.2, 0.25) is 0 Å². The number of carbonyl (C=O) groups excluding carboxylic acids is 2. The molecule has 0 saturated carbocycles. The predicted octanol–water partition coefficient (Wildman–Crippen LogP) is 4.25. The van der Waals surface area contributed by atoms with E-state index in [4.69, 9.17) is 9.47 Å². The van der Waals surface area contributed by atoms with E-state index >= 15 is 0 Å². The van der Waals surface area contributed by atoms with Crippen LogP contribution in [0.15, 0.2) is 54.1 Å². The number of likely N-dealkylation sites (N-methyl/N-ethyl adjacent to an activating group) is 1. The molecule has 1 aliphatic heterocycles. The maximum Gasteiger partial charge on any atom is 0.295 e. The molecule has 1 saturated heterocycles. The van der Waals surface area contributed by atoms with Crippen LogP contribution in [0.25, 0.3) is 5.76 Å². The van der Waals surface area contributed by atoms with Crippen molar-refractivity contribution in [2.75, 3.05) is 39.9 Å². The normalized spacial score (nSPS) is 17.4. The highest BCUT2D eigenvalue weighted by atomic mass is 16.5. The van der Waals surface area contributed by atoms with Crippen molar-refractivity contribution in [1.82, 2.24) is 9.80 Å². The third-order valence-electron chi connectivity index (χ3n) is 6.10. The highest BCUT2D eigenvalue weighted by Gasteiger charge is 2.46. The number of carbonyl (C=O) groups is 2. The van der Waals surface area contributed by atoms with Gasteiger partial charge >= 0.3 is 0 Å². The number of hydrogen-bond acceptors (Lipinski definition) is 6. The van der Waals surface area contributed by atoms with E-state index in [0.717, 1.165) is 30.8 Å². The van der Waals surface area contributed by atoms with Gasteiger partial charge in [-0.15, -0.1) is 0 Å². The number of methoxy groups -OCH3 is 1. The summed E-state index contributed by atoms with van der Waals surface area (Å²) in [6, 6.07) is 13.5. The highest BCUT2D eigenvalue weighted by Crippen LogP contribution is 2.40. The molecule has 7 heteroatoms. The van der Waals surface area contributed by atoms with Gasteiger partial charge in [0.1, 0.15) is 17.3 Å². The van der Waals surface area contributed by atoms with Gasteiger partial charge in [-0.3, -0.25) is 9.59 Å². The lowest BCUT2D eigenvalue weighted by Crippen LogP contribution is -2.38. The van der Waals surface area contributed by atoms with Crippen molar-refractivity contribution in [2.24, 2.45) is 0 Å². The minimum atomic E-state index is -0.693. The van der Waals surface area contributed by atoms with Crippen molar-refractivity contribution in [3.8, 4) is 11.5 Å². The summed E-state index contributed by atoms with van der Waals surface area (Å²) in [5.74, 6) is -0.227. The fourth-order valence-corrected chi connectivity index (χ4v) is 4.14. The van der Waals surface area contributed by atoms with Crippen LogP contribution in [0.5, 0.6) is 11.5 Å². The van der Waals surface area contributed by atoms with Crippen LogP contribution in [0, 0.1) is 0 Å². The van der Waals surface area contributed by atoms with Gasteiger partial charge in [-0.2, -0.15) is 0 Å². The lowest BCUT2D eigenvalue weighted by atomic mass is 9.95. The van der Waals surface area contributed by atoms with Crippen LogP contribution in [0.1, 0.15) is 44.4 Å². The van der Waals surface area contributed by atoms with Gasteiger partial charge in [0.15, 0.2) is 0 Å². The molecule has 0 bridgehead atoms. The van der Waals surface area contributed by atoms with Gasteiger partial charge in [-0.25, -0.2) is 0 Å². The second-order valence-electron chi connectivity index (χ2n) is 8.17. The van der Waals surface area contributed by atoms with Crippen molar-refractivity contribution in [3.63, 3.8) is 0 Å². The molecule has 1 atom stereocenters. The van der Waals surface area contributed by atoms with E-state index in [9.17, 15) is 14.7 Å². The minimum absolute atomic E-state index is 0.0834. The van der Waals surface area contributed by atoms with E-state index in [2.05, 4.69) is 18.7 Å². The molecular formula is C27H34N2O5. The highest BCUT2D eigenvalue weighted by molar-refractivity contribution is 6.46. The Morgan fingerprint density at radius 2 is 1.74 bits per heavy atom. The SMILES string of the molecule is CCCOc1ccc(C2/C(=C(\O)c3cccc(OC)c3)C(=O)C(=O)N2CCN(CC)CC)cc1. The van der Waals surface area contributed by atoms with Gasteiger partial charge in [0.25, 0.3) is 11.7 Å². The molecule has 2 aromatic carbocycles. The summed E-state index contributed by atoms with van der Waals surface area (Å²) in [6.45, 7) is 9.47. The molecule has 0 spiro atoms. The third kappa shape index (κ3) is 5.42. The van der Waals surface area contributed by atoms with Gasteiger partial charge in [-0.1, -0.05) is 45.0 Å². The Labute approximate surface area is 201 Å². The molecule has 1 unspecified atom stereocenters. The Bertz CT molecular complexity index is 1030. The van der Waals surface area contributed by atoms with E-state index in [1.54, 1.807) is 29.2 Å². The first-order valence-electron chi connectivity index (χ1n) is 11.8. The molecule has 1 aliphatic rings. The predicted molar refractivity (Wildman–Crippen MR) is 132 cm³/mol. The number of ketones is 1. The standard InChI is InChI=1S/C27H34N2O5/c1-5-17-34-21-13-11-19(12-14-21)24-23(25(30)20-9-8-10-22(18-20)33-4)26(31)27(32)29(24)16-15-28(6-2)7-3/h8-14,18,24,30H,5-7,15-17H2,1-4H3/b25-23+. The average molecular weight is 467 g/mol. The summed E-state index contributed by atoms with van der Waals surface area (Å²) in [6.07, 6.45) is 0.897. The van der Waals surface area contributed by atoms with E-state index < -0.39 is 17.7 Å². The first-order chi connectivity index (χ1) is 16.4. The fourth-order valence-electron chi connectivity index (χ4n) is 4.14. The molecule has 0 radical (unpaired) electrons. The molecule has 34 heavy (non-hydrogen) atoms. The van der Waals surface area contributed by atoms with Crippen molar-refractivity contribution in [2.45, 2.75) is 33.2 Å². The Morgan fingerprint density at radius 1 is 1.03 bits per heavy atom. The Morgan fingerprint density at radius 3 is 2.35 bits per heavy atom. The summed E-state index contributed by atoms with van der Waals surface area (Å²) in [7, 11) is 1.54. The Balaban J connectivity index is 2.06. The maximum atomic E-state index is 13.2. The monoisotopic (exact) mass is 466 g/mol. The van der Waals surface area contributed by atoms with Gasteiger partial charge in [0, 0.05) is 18.7 Å². The third-order valence-corrected chi connectivity index (χ3v) is 6.10. The molecule has 1 heterocycles. The molecule has 1 N–H and O–H groups in total. The molecule has 3 rings (SSSR count). The van der Waals surface area contributed by atoms with Crippen LogP contribution in [-0.4, -0.2) is 66.5 Å².